The van der Waals surface area contributed by atoms with Gasteiger partial charge >= 0.3 is 6.09 Å². The van der Waals surface area contributed by atoms with E-state index >= 15 is 0 Å². The Morgan fingerprint density at radius 1 is 1.30 bits per heavy atom. The van der Waals surface area contributed by atoms with E-state index in [1.54, 1.807) is 10.9 Å². The maximum atomic E-state index is 10.9. The maximum absolute atomic E-state index is 10.9. The lowest BCUT2D eigenvalue weighted by atomic mass is 9.86. The normalized spacial score (nSPS) is 12.9. The summed E-state index contributed by atoms with van der Waals surface area (Å²) in [5, 5.41) is 25.6. The van der Waals surface area contributed by atoms with Crippen molar-refractivity contribution in [2.45, 2.75) is 33.4 Å². The number of nitrogens with zero attached hydrogens (tertiary/aromatic N) is 2. The van der Waals surface area contributed by atoms with E-state index in [1.807, 2.05) is 51.1 Å². The SMILES string of the molecule is CC(C)(C)C(CNC(=O)O)n1ncc(-c2ccccc2)c1CO. The Morgan fingerprint density at radius 2 is 1.96 bits per heavy atom. The highest BCUT2D eigenvalue weighted by Crippen LogP contribution is 2.33. The lowest BCUT2D eigenvalue weighted by molar-refractivity contribution is 0.173. The molecular formula is C17H23N3O3. The van der Waals surface area contributed by atoms with Crippen molar-refractivity contribution < 1.29 is 15.0 Å². The van der Waals surface area contributed by atoms with Gasteiger partial charge in [-0.1, -0.05) is 51.1 Å². The van der Waals surface area contributed by atoms with Gasteiger partial charge in [-0.3, -0.25) is 4.68 Å². The van der Waals surface area contributed by atoms with E-state index in [1.165, 1.54) is 0 Å². The smallest absolute Gasteiger partial charge is 0.404 e. The summed E-state index contributed by atoms with van der Waals surface area (Å²) in [7, 11) is 0. The second-order valence-electron chi connectivity index (χ2n) is 6.54. The minimum absolute atomic E-state index is 0.163. The third kappa shape index (κ3) is 3.90. The first-order valence-electron chi connectivity index (χ1n) is 7.54. The Bertz CT molecular complexity index is 659. The first-order chi connectivity index (χ1) is 10.8. The molecule has 0 saturated heterocycles. The zero-order valence-electron chi connectivity index (χ0n) is 13.7. The van der Waals surface area contributed by atoms with E-state index in [0.717, 1.165) is 11.1 Å². The predicted molar refractivity (Wildman–Crippen MR) is 88.1 cm³/mol. The summed E-state index contributed by atoms with van der Waals surface area (Å²) < 4.78 is 1.73. The van der Waals surface area contributed by atoms with Crippen molar-refractivity contribution in [3.63, 3.8) is 0 Å². The van der Waals surface area contributed by atoms with E-state index in [4.69, 9.17) is 5.11 Å². The summed E-state index contributed by atoms with van der Waals surface area (Å²) in [6.45, 7) is 6.12. The second-order valence-corrected chi connectivity index (χ2v) is 6.54. The number of carboxylic acid groups (broad SMARTS) is 1. The monoisotopic (exact) mass is 317 g/mol. The molecule has 0 aliphatic rings. The third-order valence-electron chi connectivity index (χ3n) is 3.87. The van der Waals surface area contributed by atoms with Crippen molar-refractivity contribution in [3.8, 4) is 11.1 Å². The van der Waals surface area contributed by atoms with Gasteiger partial charge in [0.05, 0.1) is 24.5 Å². The molecule has 1 amide bonds. The van der Waals surface area contributed by atoms with E-state index in [9.17, 15) is 9.90 Å². The van der Waals surface area contributed by atoms with Crippen LogP contribution in [0.4, 0.5) is 4.79 Å². The first-order valence-corrected chi connectivity index (χ1v) is 7.54. The highest BCUT2D eigenvalue weighted by atomic mass is 16.4. The fourth-order valence-electron chi connectivity index (χ4n) is 2.62. The van der Waals surface area contributed by atoms with Gasteiger partial charge in [0.2, 0.25) is 0 Å². The van der Waals surface area contributed by atoms with Gasteiger partial charge in [0.1, 0.15) is 0 Å². The Kier molecular flexibility index (Phi) is 5.05. The molecule has 1 aromatic heterocycles. The summed E-state index contributed by atoms with van der Waals surface area (Å²) in [5.41, 5.74) is 2.29. The molecule has 124 valence electrons. The van der Waals surface area contributed by atoms with Gasteiger partial charge < -0.3 is 15.5 Å². The number of nitrogens with one attached hydrogen (secondary N) is 1. The number of amides is 1. The number of rotatable bonds is 5. The van der Waals surface area contributed by atoms with Crippen LogP contribution in [-0.2, 0) is 6.61 Å². The quantitative estimate of drug-likeness (QED) is 0.791. The number of hydrogen-bond acceptors (Lipinski definition) is 3. The van der Waals surface area contributed by atoms with Crippen molar-refractivity contribution >= 4 is 6.09 Å². The van der Waals surface area contributed by atoms with E-state index in [2.05, 4.69) is 10.4 Å². The minimum Gasteiger partial charge on any atom is -0.465 e. The summed E-state index contributed by atoms with van der Waals surface area (Å²) >= 11 is 0. The van der Waals surface area contributed by atoms with Gasteiger partial charge in [-0.2, -0.15) is 5.10 Å². The molecule has 1 atom stereocenters. The predicted octanol–water partition coefficient (Wildman–Crippen LogP) is 2.90. The summed E-state index contributed by atoms with van der Waals surface area (Å²) in [5.74, 6) is 0. The molecule has 1 unspecified atom stereocenters. The van der Waals surface area contributed by atoms with Gasteiger partial charge in [0.25, 0.3) is 0 Å². The third-order valence-corrected chi connectivity index (χ3v) is 3.87. The van der Waals surface area contributed by atoms with Crippen molar-refractivity contribution in [2.24, 2.45) is 5.41 Å². The molecule has 3 N–H and O–H groups in total. The molecule has 6 nitrogen and oxygen atoms in total. The molecule has 0 aliphatic carbocycles. The van der Waals surface area contributed by atoms with E-state index < -0.39 is 6.09 Å². The molecule has 2 aromatic rings. The van der Waals surface area contributed by atoms with Crippen molar-refractivity contribution in [1.82, 2.24) is 15.1 Å². The first kappa shape index (κ1) is 17.0. The van der Waals surface area contributed by atoms with Crippen LogP contribution in [0.15, 0.2) is 36.5 Å². The largest absolute Gasteiger partial charge is 0.465 e. The molecule has 0 bridgehead atoms. The van der Waals surface area contributed by atoms with Crippen molar-refractivity contribution in [3.05, 3.63) is 42.2 Å². The Balaban J connectivity index is 2.44. The maximum Gasteiger partial charge on any atom is 0.404 e. The zero-order chi connectivity index (χ0) is 17.0. The van der Waals surface area contributed by atoms with Gasteiger partial charge in [0.15, 0.2) is 0 Å². The van der Waals surface area contributed by atoms with Gasteiger partial charge in [-0.25, -0.2) is 4.79 Å². The number of aliphatic hydroxyl groups is 1. The molecule has 1 aromatic carbocycles. The van der Waals surface area contributed by atoms with Crippen LogP contribution in [0.5, 0.6) is 0 Å². The zero-order valence-corrected chi connectivity index (χ0v) is 13.7. The van der Waals surface area contributed by atoms with Crippen LogP contribution in [0.2, 0.25) is 0 Å². The molecule has 6 heteroatoms. The van der Waals surface area contributed by atoms with Crippen molar-refractivity contribution in [1.29, 1.82) is 0 Å². The highest BCUT2D eigenvalue weighted by Gasteiger charge is 2.30. The highest BCUT2D eigenvalue weighted by molar-refractivity contribution is 5.65. The molecule has 0 radical (unpaired) electrons. The summed E-state index contributed by atoms with van der Waals surface area (Å²) in [6.07, 6.45) is 0.653. The standard InChI is InChI=1S/C17H23N3O3/c1-17(2,3)15(10-18-16(22)23)20-14(11-21)13(9-19-20)12-7-5-4-6-8-12/h4-9,15,18,21H,10-11H2,1-3H3,(H,22,23). The van der Waals surface area contributed by atoms with Gasteiger partial charge in [0, 0.05) is 12.1 Å². The van der Waals surface area contributed by atoms with Crippen LogP contribution in [-0.4, -0.2) is 32.6 Å². The lowest BCUT2D eigenvalue weighted by Gasteiger charge is -2.32. The fraction of sp³-hybridized carbons (Fsp3) is 0.412. The molecule has 1 heterocycles. The summed E-state index contributed by atoms with van der Waals surface area (Å²) in [6, 6.07) is 9.51. The second kappa shape index (κ2) is 6.83. The Labute approximate surface area is 135 Å². The fourth-order valence-corrected chi connectivity index (χ4v) is 2.62. The summed E-state index contributed by atoms with van der Waals surface area (Å²) in [4.78, 5) is 10.9. The molecule has 0 aliphatic heterocycles. The number of carbonyl (C=O) groups is 1. The molecule has 0 saturated carbocycles. The number of aliphatic hydroxyl groups excluding tert-OH is 1. The number of aromatic nitrogens is 2. The van der Waals surface area contributed by atoms with E-state index in [-0.39, 0.29) is 24.6 Å². The van der Waals surface area contributed by atoms with E-state index in [0.29, 0.717) is 5.69 Å². The van der Waals surface area contributed by atoms with Crippen LogP contribution < -0.4 is 5.32 Å². The van der Waals surface area contributed by atoms with Gasteiger partial charge in [-0.15, -0.1) is 0 Å². The minimum atomic E-state index is -1.07. The van der Waals surface area contributed by atoms with Gasteiger partial charge in [-0.05, 0) is 11.0 Å². The van der Waals surface area contributed by atoms with Crippen LogP contribution >= 0.6 is 0 Å². The number of benzene rings is 1. The molecular weight excluding hydrogens is 294 g/mol. The topological polar surface area (TPSA) is 87.4 Å². The van der Waals surface area contributed by atoms with Crippen LogP contribution in [0.3, 0.4) is 0 Å². The van der Waals surface area contributed by atoms with Crippen LogP contribution in [0.1, 0.15) is 32.5 Å². The van der Waals surface area contributed by atoms with Crippen LogP contribution in [0.25, 0.3) is 11.1 Å². The number of hydrogen-bond donors (Lipinski definition) is 3. The average molecular weight is 317 g/mol. The average Bonchev–Trinajstić information content (AvgIpc) is 2.90. The van der Waals surface area contributed by atoms with Crippen molar-refractivity contribution in [2.75, 3.05) is 6.54 Å². The molecule has 2 rings (SSSR count). The Hall–Kier alpha value is -2.34. The Morgan fingerprint density at radius 3 is 2.48 bits per heavy atom. The van der Waals surface area contributed by atoms with Crippen LogP contribution in [0, 0.1) is 5.41 Å². The molecule has 23 heavy (non-hydrogen) atoms. The lowest BCUT2D eigenvalue weighted by Crippen LogP contribution is -2.37. The molecule has 0 spiro atoms. The molecule has 0 fully saturated rings.